The van der Waals surface area contributed by atoms with Gasteiger partial charge in [0.25, 0.3) is 5.91 Å². The first-order chi connectivity index (χ1) is 15.5. The standard InChI is InChI=1S/C24H36N4O6/c1-9-10-14(17(29)19(25)30)26-20(31)16-15-13(24(15,7)8)11-28(16)21(32)18(23(4,5)6)27-22(33)34-12(2)3/h1,12-16,18H,10-11H2,2-8H3,(H2,25,30)(H,26,31)(H,27,33)/t13-,14?,15-,16-,18+/m0/s1. The van der Waals surface area contributed by atoms with E-state index in [0.29, 0.717) is 6.54 Å². The fourth-order valence-electron chi connectivity index (χ4n) is 4.75. The van der Waals surface area contributed by atoms with Crippen LogP contribution in [-0.2, 0) is 23.9 Å². The maximum Gasteiger partial charge on any atom is 0.408 e. The summed E-state index contributed by atoms with van der Waals surface area (Å²) in [5, 5.41) is 5.17. The molecule has 0 bridgehead atoms. The van der Waals surface area contributed by atoms with Gasteiger partial charge in [-0.15, -0.1) is 12.3 Å². The number of nitrogens with two attached hydrogens (primary N) is 1. The summed E-state index contributed by atoms with van der Waals surface area (Å²) in [5.41, 5.74) is 4.23. The number of ether oxygens (including phenoxy) is 1. The van der Waals surface area contributed by atoms with Gasteiger partial charge in [-0.05, 0) is 36.5 Å². The second-order valence-corrected chi connectivity index (χ2v) is 11.0. The van der Waals surface area contributed by atoms with Gasteiger partial charge in [0.1, 0.15) is 18.1 Å². The molecular weight excluding hydrogens is 440 g/mol. The predicted molar refractivity (Wildman–Crippen MR) is 124 cm³/mol. The molecule has 10 heteroatoms. The average molecular weight is 477 g/mol. The summed E-state index contributed by atoms with van der Waals surface area (Å²) in [7, 11) is 0. The topological polar surface area (TPSA) is 148 Å². The number of fused-ring (bicyclic) bond motifs is 1. The van der Waals surface area contributed by atoms with E-state index in [-0.39, 0.29) is 29.8 Å². The van der Waals surface area contributed by atoms with Crippen molar-refractivity contribution in [3.05, 3.63) is 0 Å². The van der Waals surface area contributed by atoms with E-state index in [1.54, 1.807) is 34.6 Å². The zero-order valence-electron chi connectivity index (χ0n) is 20.9. The lowest BCUT2D eigenvalue weighted by atomic mass is 9.85. The Morgan fingerprint density at radius 2 is 1.76 bits per heavy atom. The number of carbonyl (C=O) groups excluding carboxylic acids is 5. The summed E-state index contributed by atoms with van der Waals surface area (Å²) < 4.78 is 5.15. The number of primary amides is 1. The molecule has 0 spiro atoms. The second kappa shape index (κ2) is 9.65. The Morgan fingerprint density at radius 1 is 1.18 bits per heavy atom. The van der Waals surface area contributed by atoms with Gasteiger partial charge in [0, 0.05) is 13.0 Å². The van der Waals surface area contributed by atoms with Crippen LogP contribution in [0.1, 0.15) is 54.9 Å². The van der Waals surface area contributed by atoms with Crippen LogP contribution in [-0.4, -0.2) is 65.3 Å². The number of piperidine rings is 1. The molecule has 1 unspecified atom stereocenters. The molecule has 4 amide bonds. The van der Waals surface area contributed by atoms with E-state index in [0.717, 1.165) is 0 Å². The lowest BCUT2D eigenvalue weighted by Gasteiger charge is -2.37. The summed E-state index contributed by atoms with van der Waals surface area (Å²) in [6, 6.07) is -3.12. The minimum absolute atomic E-state index is 0.0772. The number of amides is 4. The van der Waals surface area contributed by atoms with Gasteiger partial charge in [-0.2, -0.15) is 0 Å². The zero-order valence-corrected chi connectivity index (χ0v) is 20.9. The van der Waals surface area contributed by atoms with Crippen LogP contribution in [0.4, 0.5) is 4.79 Å². The lowest BCUT2D eigenvalue weighted by Crippen LogP contribution is -2.60. The number of likely N-dealkylation sites (tertiary alicyclic amines) is 1. The van der Waals surface area contributed by atoms with Gasteiger partial charge in [-0.25, -0.2) is 4.79 Å². The maximum atomic E-state index is 13.7. The minimum Gasteiger partial charge on any atom is -0.447 e. The lowest BCUT2D eigenvalue weighted by molar-refractivity contribution is -0.145. The highest BCUT2D eigenvalue weighted by atomic mass is 16.6. The van der Waals surface area contributed by atoms with Crippen molar-refractivity contribution in [2.75, 3.05) is 6.54 Å². The van der Waals surface area contributed by atoms with E-state index >= 15 is 0 Å². The maximum absolute atomic E-state index is 13.7. The Morgan fingerprint density at radius 3 is 2.24 bits per heavy atom. The number of terminal acetylenes is 1. The second-order valence-electron chi connectivity index (χ2n) is 11.0. The number of nitrogens with one attached hydrogen (secondary N) is 2. The summed E-state index contributed by atoms with van der Waals surface area (Å²) in [6.45, 7) is 13.1. The number of alkyl carbamates (subject to hydrolysis) is 1. The van der Waals surface area contributed by atoms with Crippen molar-refractivity contribution in [2.45, 2.75) is 79.1 Å². The molecule has 0 aromatic rings. The van der Waals surface area contributed by atoms with Crippen LogP contribution in [0.2, 0.25) is 0 Å². The molecule has 188 valence electrons. The van der Waals surface area contributed by atoms with Crippen LogP contribution in [0.15, 0.2) is 0 Å². The van der Waals surface area contributed by atoms with Crippen LogP contribution >= 0.6 is 0 Å². The molecule has 34 heavy (non-hydrogen) atoms. The number of Topliss-reactive ketones (excluding diaryl/α,β-unsaturated/α-hetero) is 1. The molecule has 0 radical (unpaired) electrons. The molecule has 5 atom stereocenters. The monoisotopic (exact) mass is 476 g/mol. The molecular formula is C24H36N4O6. The highest BCUT2D eigenvalue weighted by molar-refractivity contribution is 6.38. The number of nitrogens with zero attached hydrogens (tertiary/aromatic N) is 1. The average Bonchev–Trinajstić information content (AvgIpc) is 3.04. The van der Waals surface area contributed by atoms with E-state index in [1.165, 1.54) is 4.90 Å². The Hall–Kier alpha value is -3.09. The van der Waals surface area contributed by atoms with Crippen LogP contribution in [0.5, 0.6) is 0 Å². The van der Waals surface area contributed by atoms with Gasteiger partial charge in [-0.3, -0.25) is 19.2 Å². The molecule has 0 aromatic heterocycles. The minimum atomic E-state index is -1.27. The van der Waals surface area contributed by atoms with E-state index in [1.807, 2.05) is 13.8 Å². The normalized spacial score (nSPS) is 24.3. The van der Waals surface area contributed by atoms with Gasteiger partial charge in [-0.1, -0.05) is 34.6 Å². The molecule has 10 nitrogen and oxygen atoms in total. The Bertz CT molecular complexity index is 913. The molecule has 2 rings (SSSR count). The first-order valence-electron chi connectivity index (χ1n) is 11.4. The fraction of sp³-hybridized carbons (Fsp3) is 0.708. The Labute approximate surface area is 200 Å². The molecule has 1 heterocycles. The number of ketones is 1. The molecule has 0 aromatic carbocycles. The van der Waals surface area contributed by atoms with Crippen molar-refractivity contribution in [3.8, 4) is 12.3 Å². The van der Waals surface area contributed by atoms with Gasteiger partial charge < -0.3 is 26.0 Å². The fourth-order valence-corrected chi connectivity index (χ4v) is 4.75. The van der Waals surface area contributed by atoms with Crippen LogP contribution in [0, 0.1) is 35.0 Å². The van der Waals surface area contributed by atoms with E-state index in [2.05, 4.69) is 16.6 Å². The highest BCUT2D eigenvalue weighted by Crippen LogP contribution is 2.65. The van der Waals surface area contributed by atoms with E-state index < -0.39 is 53.1 Å². The predicted octanol–water partition coefficient (Wildman–Crippen LogP) is 0.581. The van der Waals surface area contributed by atoms with Gasteiger partial charge in [0.05, 0.1) is 6.10 Å². The van der Waals surface area contributed by atoms with Crippen LogP contribution in [0.3, 0.4) is 0 Å². The van der Waals surface area contributed by atoms with Crippen molar-refractivity contribution < 1.29 is 28.7 Å². The number of hydrogen-bond donors (Lipinski definition) is 3. The number of hydrogen-bond acceptors (Lipinski definition) is 6. The third kappa shape index (κ3) is 5.51. The first kappa shape index (κ1) is 27.2. The molecule has 2 fully saturated rings. The van der Waals surface area contributed by atoms with Crippen molar-refractivity contribution in [1.82, 2.24) is 15.5 Å². The van der Waals surface area contributed by atoms with Crippen LogP contribution in [0.25, 0.3) is 0 Å². The summed E-state index contributed by atoms with van der Waals surface area (Å²) >= 11 is 0. The molecule has 2 aliphatic rings. The molecule has 1 aliphatic heterocycles. The van der Waals surface area contributed by atoms with Crippen molar-refractivity contribution in [3.63, 3.8) is 0 Å². The smallest absolute Gasteiger partial charge is 0.408 e. The van der Waals surface area contributed by atoms with Gasteiger partial charge in [0.15, 0.2) is 0 Å². The summed E-state index contributed by atoms with van der Waals surface area (Å²) in [4.78, 5) is 64.3. The summed E-state index contributed by atoms with van der Waals surface area (Å²) in [5.74, 6) is -1.02. The molecule has 1 saturated heterocycles. The first-order valence-corrected chi connectivity index (χ1v) is 11.4. The van der Waals surface area contributed by atoms with E-state index in [4.69, 9.17) is 16.9 Å². The Kier molecular flexibility index (Phi) is 7.70. The SMILES string of the molecule is C#CCC(NC(=O)[C@@H]1[C@@H]2[C@H](CN1C(=O)[C@@H](NC(=O)OC(C)C)C(C)(C)C)C2(C)C)C(=O)C(N)=O. The number of rotatable bonds is 8. The van der Waals surface area contributed by atoms with Crippen LogP contribution < -0.4 is 16.4 Å². The quantitative estimate of drug-likeness (QED) is 0.345. The van der Waals surface area contributed by atoms with E-state index in [9.17, 15) is 24.0 Å². The van der Waals surface area contributed by atoms with Crippen molar-refractivity contribution >= 4 is 29.6 Å². The number of carbonyl (C=O) groups is 5. The molecule has 4 N–H and O–H groups in total. The third-order valence-corrected chi connectivity index (χ3v) is 6.68. The van der Waals surface area contributed by atoms with Gasteiger partial charge in [0.2, 0.25) is 17.6 Å². The highest BCUT2D eigenvalue weighted by Gasteiger charge is 2.69. The largest absolute Gasteiger partial charge is 0.447 e. The van der Waals surface area contributed by atoms with Crippen molar-refractivity contribution in [2.24, 2.45) is 28.4 Å². The van der Waals surface area contributed by atoms with Gasteiger partial charge >= 0.3 is 6.09 Å². The van der Waals surface area contributed by atoms with Crippen molar-refractivity contribution in [1.29, 1.82) is 0 Å². The Balaban J connectivity index is 2.32. The summed E-state index contributed by atoms with van der Waals surface area (Å²) in [6.07, 6.45) is 3.99. The third-order valence-electron chi connectivity index (χ3n) is 6.68. The molecule has 1 saturated carbocycles. The zero-order chi connectivity index (χ0) is 26.2. The molecule has 1 aliphatic carbocycles.